The maximum absolute atomic E-state index is 11.2. The number of carboxylic acids is 1. The summed E-state index contributed by atoms with van der Waals surface area (Å²) in [5.41, 5.74) is 0.615. The zero-order valence-corrected chi connectivity index (χ0v) is 11.9. The molecular formula is C14H10N4O3S. The molecule has 0 aliphatic carbocycles. The third-order valence-electron chi connectivity index (χ3n) is 2.90. The van der Waals surface area contributed by atoms with Crippen LogP contribution in [0.1, 0.15) is 15.9 Å². The van der Waals surface area contributed by atoms with Gasteiger partial charge in [0.15, 0.2) is 5.76 Å². The SMILES string of the molecule is O=C(O)c1ccccc1C=Nn1c(-c2ccco2)n[nH]c1=S. The van der Waals surface area contributed by atoms with Crippen molar-refractivity contribution in [1.82, 2.24) is 14.9 Å². The Labute approximate surface area is 129 Å². The van der Waals surface area contributed by atoms with E-state index in [-0.39, 0.29) is 10.3 Å². The number of carboxylic acid groups (broad SMARTS) is 1. The third kappa shape index (κ3) is 2.59. The molecule has 0 fully saturated rings. The van der Waals surface area contributed by atoms with Crippen molar-refractivity contribution in [2.75, 3.05) is 0 Å². The fourth-order valence-electron chi connectivity index (χ4n) is 1.89. The summed E-state index contributed by atoms with van der Waals surface area (Å²) in [5, 5.41) is 20.0. The maximum Gasteiger partial charge on any atom is 0.336 e. The van der Waals surface area contributed by atoms with Crippen LogP contribution in [0.2, 0.25) is 0 Å². The van der Waals surface area contributed by atoms with E-state index in [1.165, 1.54) is 23.2 Å². The molecule has 2 N–H and O–H groups in total. The van der Waals surface area contributed by atoms with Gasteiger partial charge in [-0.05, 0) is 30.4 Å². The Bertz CT molecular complexity index is 893. The van der Waals surface area contributed by atoms with Crippen LogP contribution in [0.4, 0.5) is 0 Å². The Balaban J connectivity index is 2.03. The third-order valence-corrected chi connectivity index (χ3v) is 3.16. The molecule has 0 aliphatic heterocycles. The fraction of sp³-hybridized carbons (Fsp3) is 0. The van der Waals surface area contributed by atoms with E-state index in [9.17, 15) is 4.79 Å². The number of hydrogen-bond donors (Lipinski definition) is 2. The van der Waals surface area contributed by atoms with Gasteiger partial charge in [-0.1, -0.05) is 18.2 Å². The van der Waals surface area contributed by atoms with E-state index in [0.717, 1.165) is 0 Å². The lowest BCUT2D eigenvalue weighted by molar-refractivity contribution is 0.0697. The van der Waals surface area contributed by atoms with E-state index in [2.05, 4.69) is 15.3 Å². The Kier molecular flexibility index (Phi) is 3.67. The summed E-state index contributed by atoms with van der Waals surface area (Å²) in [6.45, 7) is 0. The maximum atomic E-state index is 11.2. The molecule has 0 amide bonds. The second-order valence-electron chi connectivity index (χ2n) is 4.28. The lowest BCUT2D eigenvalue weighted by Crippen LogP contribution is -2.02. The Hall–Kier alpha value is -3.00. The number of H-pyrrole nitrogens is 1. The molecule has 7 nitrogen and oxygen atoms in total. The minimum absolute atomic E-state index is 0.154. The zero-order chi connectivity index (χ0) is 15.5. The number of carbonyl (C=O) groups is 1. The second kappa shape index (κ2) is 5.78. The van der Waals surface area contributed by atoms with Gasteiger partial charge < -0.3 is 9.52 Å². The van der Waals surface area contributed by atoms with Gasteiger partial charge in [-0.15, -0.1) is 5.10 Å². The first-order valence-corrected chi connectivity index (χ1v) is 6.65. The Morgan fingerprint density at radius 2 is 2.18 bits per heavy atom. The van der Waals surface area contributed by atoms with Crippen molar-refractivity contribution < 1.29 is 14.3 Å². The molecule has 0 aliphatic rings. The lowest BCUT2D eigenvalue weighted by Gasteiger charge is -2.00. The summed E-state index contributed by atoms with van der Waals surface area (Å²) in [5.74, 6) is -0.126. The van der Waals surface area contributed by atoms with Crippen LogP contribution in [-0.4, -0.2) is 32.2 Å². The molecular weight excluding hydrogens is 304 g/mol. The van der Waals surface area contributed by atoms with Crippen molar-refractivity contribution >= 4 is 24.4 Å². The van der Waals surface area contributed by atoms with Crippen LogP contribution in [0.3, 0.4) is 0 Å². The first-order valence-electron chi connectivity index (χ1n) is 6.25. The van der Waals surface area contributed by atoms with Gasteiger partial charge in [0.25, 0.3) is 0 Å². The number of benzene rings is 1. The van der Waals surface area contributed by atoms with Gasteiger partial charge in [0.2, 0.25) is 10.6 Å². The summed E-state index contributed by atoms with van der Waals surface area (Å²) in [6.07, 6.45) is 2.93. The first-order chi connectivity index (χ1) is 10.7. The number of aromatic amines is 1. The van der Waals surface area contributed by atoms with Crippen LogP contribution in [-0.2, 0) is 0 Å². The molecule has 0 bridgehead atoms. The number of aromatic nitrogens is 3. The van der Waals surface area contributed by atoms with E-state index < -0.39 is 5.97 Å². The molecule has 0 atom stereocenters. The summed E-state index contributed by atoms with van der Waals surface area (Å²) >= 11 is 5.12. The van der Waals surface area contributed by atoms with Crippen molar-refractivity contribution in [1.29, 1.82) is 0 Å². The fourth-order valence-corrected chi connectivity index (χ4v) is 2.07. The molecule has 1 aromatic carbocycles. The van der Waals surface area contributed by atoms with E-state index in [0.29, 0.717) is 17.1 Å². The zero-order valence-electron chi connectivity index (χ0n) is 11.1. The highest BCUT2D eigenvalue weighted by Gasteiger charge is 2.11. The van der Waals surface area contributed by atoms with E-state index in [4.69, 9.17) is 21.7 Å². The summed E-state index contributed by atoms with van der Waals surface area (Å²) < 4.78 is 6.91. The van der Waals surface area contributed by atoms with E-state index >= 15 is 0 Å². The minimum Gasteiger partial charge on any atom is -0.478 e. The summed E-state index contributed by atoms with van der Waals surface area (Å²) in [6, 6.07) is 9.99. The van der Waals surface area contributed by atoms with Crippen LogP contribution in [0.15, 0.2) is 52.2 Å². The number of furan rings is 1. The normalized spacial score (nSPS) is 11.1. The van der Waals surface area contributed by atoms with Crippen LogP contribution < -0.4 is 0 Å². The van der Waals surface area contributed by atoms with Gasteiger partial charge >= 0.3 is 5.97 Å². The average molecular weight is 314 g/mol. The molecule has 2 heterocycles. The van der Waals surface area contributed by atoms with Gasteiger partial charge in [-0.25, -0.2) is 9.89 Å². The molecule has 3 aromatic rings. The lowest BCUT2D eigenvalue weighted by atomic mass is 10.1. The smallest absolute Gasteiger partial charge is 0.336 e. The number of rotatable bonds is 4. The number of nitrogens with one attached hydrogen (secondary N) is 1. The Morgan fingerprint density at radius 3 is 2.91 bits per heavy atom. The highest BCUT2D eigenvalue weighted by atomic mass is 32.1. The largest absolute Gasteiger partial charge is 0.478 e. The Morgan fingerprint density at radius 1 is 1.36 bits per heavy atom. The molecule has 110 valence electrons. The molecule has 0 saturated heterocycles. The van der Waals surface area contributed by atoms with Crippen LogP contribution >= 0.6 is 12.2 Å². The van der Waals surface area contributed by atoms with Crippen LogP contribution in [0.25, 0.3) is 11.6 Å². The van der Waals surface area contributed by atoms with E-state index in [1.807, 2.05) is 0 Å². The molecule has 22 heavy (non-hydrogen) atoms. The molecule has 2 aromatic heterocycles. The highest BCUT2D eigenvalue weighted by molar-refractivity contribution is 7.71. The van der Waals surface area contributed by atoms with Gasteiger partial charge in [-0.2, -0.15) is 9.78 Å². The quantitative estimate of drug-likeness (QED) is 0.570. The molecule has 8 heteroatoms. The van der Waals surface area contributed by atoms with Gasteiger partial charge in [-0.3, -0.25) is 0 Å². The predicted molar refractivity (Wildman–Crippen MR) is 81.5 cm³/mol. The number of aromatic carboxylic acids is 1. The molecule has 0 radical (unpaired) electrons. The van der Waals surface area contributed by atoms with Crippen molar-refractivity contribution in [3.8, 4) is 11.6 Å². The van der Waals surface area contributed by atoms with E-state index in [1.54, 1.807) is 30.3 Å². The summed E-state index contributed by atoms with van der Waals surface area (Å²) in [4.78, 5) is 11.2. The molecule has 3 rings (SSSR count). The van der Waals surface area contributed by atoms with Crippen molar-refractivity contribution in [3.63, 3.8) is 0 Å². The number of nitrogens with zero attached hydrogens (tertiary/aromatic N) is 3. The second-order valence-corrected chi connectivity index (χ2v) is 4.67. The molecule has 0 spiro atoms. The first kappa shape index (κ1) is 14.0. The monoisotopic (exact) mass is 314 g/mol. The molecule has 0 saturated carbocycles. The van der Waals surface area contributed by atoms with Crippen LogP contribution in [0, 0.1) is 4.77 Å². The highest BCUT2D eigenvalue weighted by Crippen LogP contribution is 2.17. The minimum atomic E-state index is -1.02. The standard InChI is InChI=1S/C14H10N4O3S/c19-13(20)10-5-2-1-4-9(10)8-15-18-12(16-17-14(18)22)11-6-3-7-21-11/h1-8H,(H,17,22)(H,19,20). The number of hydrogen-bond acceptors (Lipinski definition) is 5. The molecule has 0 unspecified atom stereocenters. The van der Waals surface area contributed by atoms with Crippen LogP contribution in [0.5, 0.6) is 0 Å². The van der Waals surface area contributed by atoms with Crippen molar-refractivity contribution in [2.24, 2.45) is 5.10 Å². The van der Waals surface area contributed by atoms with Crippen molar-refractivity contribution in [2.45, 2.75) is 0 Å². The average Bonchev–Trinajstić information content (AvgIpc) is 3.15. The van der Waals surface area contributed by atoms with Crippen molar-refractivity contribution in [3.05, 3.63) is 58.6 Å². The van der Waals surface area contributed by atoms with Gasteiger partial charge in [0, 0.05) is 5.56 Å². The van der Waals surface area contributed by atoms with Gasteiger partial charge in [0.1, 0.15) is 0 Å². The predicted octanol–water partition coefficient (Wildman–Crippen LogP) is 2.78. The summed E-state index contributed by atoms with van der Waals surface area (Å²) in [7, 11) is 0. The topological polar surface area (TPSA) is 96.4 Å². The van der Waals surface area contributed by atoms with Gasteiger partial charge in [0.05, 0.1) is 18.0 Å².